The predicted octanol–water partition coefficient (Wildman–Crippen LogP) is 2.74. The molecule has 0 spiro atoms. The maximum atomic E-state index is 12.5. The Kier molecular flexibility index (Phi) is 4.37. The highest BCUT2D eigenvalue weighted by molar-refractivity contribution is 5.93. The molecule has 1 aromatic carbocycles. The van der Waals surface area contributed by atoms with E-state index in [4.69, 9.17) is 0 Å². The summed E-state index contributed by atoms with van der Waals surface area (Å²) in [6.07, 6.45) is 4.33. The third-order valence-corrected chi connectivity index (χ3v) is 4.15. The predicted molar refractivity (Wildman–Crippen MR) is 88.1 cm³/mol. The molecule has 0 unspecified atom stereocenters. The normalized spacial score (nSPS) is 15.5. The van der Waals surface area contributed by atoms with E-state index in [2.05, 4.69) is 41.1 Å². The molecule has 0 atom stereocenters. The summed E-state index contributed by atoms with van der Waals surface area (Å²) in [5.41, 5.74) is 3.24. The van der Waals surface area contributed by atoms with Crippen LogP contribution in [0.15, 0.2) is 48.8 Å². The number of carbonyl (C=O) groups excluding carboxylic acids is 1. The van der Waals surface area contributed by atoms with Gasteiger partial charge in [-0.3, -0.25) is 9.78 Å². The third-order valence-electron chi connectivity index (χ3n) is 4.15. The highest BCUT2D eigenvalue weighted by Crippen LogP contribution is 2.21. The molecule has 0 radical (unpaired) electrons. The quantitative estimate of drug-likeness (QED) is 0.855. The standard InChI is InChI=1S/C18H21N3O/c1-15-6-2-3-8-17(15)20-10-5-11-21(13-12-20)18(22)16-7-4-9-19-14-16/h2-4,6-9,14H,5,10-13H2,1H3. The Morgan fingerprint density at radius 1 is 1.05 bits per heavy atom. The summed E-state index contributed by atoms with van der Waals surface area (Å²) in [5, 5.41) is 0. The third kappa shape index (κ3) is 3.11. The van der Waals surface area contributed by atoms with Gasteiger partial charge in [0.2, 0.25) is 0 Å². The van der Waals surface area contributed by atoms with Gasteiger partial charge in [0, 0.05) is 44.3 Å². The molecule has 4 heteroatoms. The Morgan fingerprint density at radius 3 is 2.68 bits per heavy atom. The number of hydrogen-bond donors (Lipinski definition) is 0. The van der Waals surface area contributed by atoms with E-state index in [1.807, 2.05) is 17.0 Å². The molecule has 0 N–H and O–H groups in total. The van der Waals surface area contributed by atoms with Crippen LogP contribution in [0, 0.1) is 6.92 Å². The van der Waals surface area contributed by atoms with Gasteiger partial charge in [-0.1, -0.05) is 18.2 Å². The van der Waals surface area contributed by atoms with Crippen LogP contribution in [0.3, 0.4) is 0 Å². The van der Waals surface area contributed by atoms with Crippen molar-refractivity contribution in [1.82, 2.24) is 9.88 Å². The fourth-order valence-electron chi connectivity index (χ4n) is 2.95. The molecular formula is C18H21N3O. The number of rotatable bonds is 2. The summed E-state index contributed by atoms with van der Waals surface area (Å²) >= 11 is 0. The second-order valence-corrected chi connectivity index (χ2v) is 5.66. The van der Waals surface area contributed by atoms with E-state index in [1.54, 1.807) is 12.4 Å². The second kappa shape index (κ2) is 6.60. The van der Waals surface area contributed by atoms with E-state index >= 15 is 0 Å². The number of benzene rings is 1. The van der Waals surface area contributed by atoms with Crippen LogP contribution in [0.25, 0.3) is 0 Å². The first kappa shape index (κ1) is 14.6. The molecule has 1 fully saturated rings. The molecule has 2 heterocycles. The molecule has 1 aromatic heterocycles. The molecule has 22 heavy (non-hydrogen) atoms. The minimum absolute atomic E-state index is 0.0831. The number of anilines is 1. The largest absolute Gasteiger partial charge is 0.369 e. The number of carbonyl (C=O) groups is 1. The molecule has 1 aliphatic heterocycles. The van der Waals surface area contributed by atoms with Crippen LogP contribution in [-0.2, 0) is 0 Å². The summed E-state index contributed by atoms with van der Waals surface area (Å²) in [7, 11) is 0. The van der Waals surface area contributed by atoms with Crippen LogP contribution in [0.4, 0.5) is 5.69 Å². The molecular weight excluding hydrogens is 274 g/mol. The Balaban J connectivity index is 1.70. The number of pyridine rings is 1. The van der Waals surface area contributed by atoms with Crippen molar-refractivity contribution < 1.29 is 4.79 Å². The first-order chi connectivity index (χ1) is 10.8. The van der Waals surface area contributed by atoms with Gasteiger partial charge in [0.1, 0.15) is 0 Å². The Bertz CT molecular complexity index is 642. The zero-order valence-corrected chi connectivity index (χ0v) is 12.9. The van der Waals surface area contributed by atoms with Crippen molar-refractivity contribution in [2.24, 2.45) is 0 Å². The molecule has 1 amide bonds. The van der Waals surface area contributed by atoms with Gasteiger partial charge in [-0.25, -0.2) is 0 Å². The lowest BCUT2D eigenvalue weighted by atomic mass is 10.2. The van der Waals surface area contributed by atoms with Crippen molar-refractivity contribution in [1.29, 1.82) is 0 Å². The van der Waals surface area contributed by atoms with Crippen molar-refractivity contribution in [3.63, 3.8) is 0 Å². The van der Waals surface area contributed by atoms with Crippen LogP contribution in [0.1, 0.15) is 22.3 Å². The molecule has 0 bridgehead atoms. The molecule has 3 rings (SSSR count). The van der Waals surface area contributed by atoms with Crippen LogP contribution in [-0.4, -0.2) is 42.0 Å². The zero-order chi connectivity index (χ0) is 15.4. The van der Waals surface area contributed by atoms with Gasteiger partial charge in [-0.15, -0.1) is 0 Å². The fraction of sp³-hybridized carbons (Fsp3) is 0.333. The van der Waals surface area contributed by atoms with Crippen molar-refractivity contribution >= 4 is 11.6 Å². The number of para-hydroxylation sites is 1. The lowest BCUT2D eigenvalue weighted by Gasteiger charge is -2.25. The Labute approximate surface area is 131 Å². The smallest absolute Gasteiger partial charge is 0.255 e. The van der Waals surface area contributed by atoms with Gasteiger partial charge in [-0.2, -0.15) is 0 Å². The maximum absolute atomic E-state index is 12.5. The van der Waals surface area contributed by atoms with E-state index < -0.39 is 0 Å². The summed E-state index contributed by atoms with van der Waals surface area (Å²) in [6, 6.07) is 12.1. The van der Waals surface area contributed by atoms with Crippen LogP contribution >= 0.6 is 0 Å². The fourth-order valence-corrected chi connectivity index (χ4v) is 2.95. The molecule has 114 valence electrons. The van der Waals surface area contributed by atoms with E-state index in [-0.39, 0.29) is 5.91 Å². The monoisotopic (exact) mass is 295 g/mol. The first-order valence-corrected chi connectivity index (χ1v) is 7.75. The van der Waals surface area contributed by atoms with Crippen molar-refractivity contribution in [3.8, 4) is 0 Å². The topological polar surface area (TPSA) is 36.4 Å². The SMILES string of the molecule is Cc1ccccc1N1CCCN(C(=O)c2cccnc2)CC1. The maximum Gasteiger partial charge on any atom is 0.255 e. The highest BCUT2D eigenvalue weighted by atomic mass is 16.2. The summed E-state index contributed by atoms with van der Waals surface area (Å²) < 4.78 is 0. The van der Waals surface area contributed by atoms with Gasteiger partial charge in [-0.05, 0) is 37.1 Å². The van der Waals surface area contributed by atoms with Gasteiger partial charge in [0.15, 0.2) is 0 Å². The number of aryl methyl sites for hydroxylation is 1. The first-order valence-electron chi connectivity index (χ1n) is 7.75. The number of amides is 1. The van der Waals surface area contributed by atoms with Gasteiger partial charge in [0.05, 0.1) is 5.56 Å². The number of hydrogen-bond acceptors (Lipinski definition) is 3. The van der Waals surface area contributed by atoms with Gasteiger partial charge < -0.3 is 9.80 Å². The Hall–Kier alpha value is -2.36. The van der Waals surface area contributed by atoms with E-state index in [9.17, 15) is 4.79 Å². The molecule has 2 aromatic rings. The van der Waals surface area contributed by atoms with E-state index in [1.165, 1.54) is 11.3 Å². The van der Waals surface area contributed by atoms with Crippen molar-refractivity contribution in [2.75, 3.05) is 31.1 Å². The summed E-state index contributed by atoms with van der Waals surface area (Å²) in [4.78, 5) is 20.9. The van der Waals surface area contributed by atoms with Crippen LogP contribution in [0.5, 0.6) is 0 Å². The lowest BCUT2D eigenvalue weighted by Crippen LogP contribution is -2.35. The summed E-state index contributed by atoms with van der Waals surface area (Å²) in [5.74, 6) is 0.0831. The summed E-state index contributed by atoms with van der Waals surface area (Å²) in [6.45, 7) is 5.55. The number of aromatic nitrogens is 1. The zero-order valence-electron chi connectivity index (χ0n) is 12.9. The average molecular weight is 295 g/mol. The molecule has 0 saturated carbocycles. The highest BCUT2D eigenvalue weighted by Gasteiger charge is 2.21. The molecule has 4 nitrogen and oxygen atoms in total. The minimum Gasteiger partial charge on any atom is -0.369 e. The molecule has 1 saturated heterocycles. The van der Waals surface area contributed by atoms with Crippen LogP contribution < -0.4 is 4.90 Å². The minimum atomic E-state index is 0.0831. The van der Waals surface area contributed by atoms with E-state index in [0.29, 0.717) is 5.56 Å². The van der Waals surface area contributed by atoms with Gasteiger partial charge >= 0.3 is 0 Å². The van der Waals surface area contributed by atoms with Crippen molar-refractivity contribution in [2.45, 2.75) is 13.3 Å². The van der Waals surface area contributed by atoms with E-state index in [0.717, 1.165) is 32.6 Å². The second-order valence-electron chi connectivity index (χ2n) is 5.66. The average Bonchev–Trinajstić information content (AvgIpc) is 2.81. The molecule has 0 aliphatic carbocycles. The molecule has 1 aliphatic rings. The Morgan fingerprint density at radius 2 is 1.91 bits per heavy atom. The lowest BCUT2D eigenvalue weighted by molar-refractivity contribution is 0.0766. The van der Waals surface area contributed by atoms with Gasteiger partial charge in [0.25, 0.3) is 5.91 Å². The van der Waals surface area contributed by atoms with Crippen molar-refractivity contribution in [3.05, 3.63) is 59.9 Å². The number of nitrogens with zero attached hydrogens (tertiary/aromatic N) is 3. The van der Waals surface area contributed by atoms with Crippen LogP contribution in [0.2, 0.25) is 0 Å².